The number of nitrogens with zero attached hydrogens (tertiary/aromatic N) is 7. The number of hydrogen-bond acceptors (Lipinski definition) is 8. The molecule has 0 radical (unpaired) electrons. The number of aryl methyl sites for hydroxylation is 1. The summed E-state index contributed by atoms with van der Waals surface area (Å²) in [6.07, 6.45) is 4.91. The van der Waals surface area contributed by atoms with E-state index in [1.165, 1.54) is 22.1 Å². The first-order valence-corrected chi connectivity index (χ1v) is 11.3. The van der Waals surface area contributed by atoms with Gasteiger partial charge in [-0.25, -0.2) is 14.3 Å². The van der Waals surface area contributed by atoms with Crippen LogP contribution < -0.4 is 10.6 Å². The third kappa shape index (κ3) is 3.74. The first-order valence-electron chi connectivity index (χ1n) is 11.3. The summed E-state index contributed by atoms with van der Waals surface area (Å²) in [4.78, 5) is 55.0. The molecule has 13 nitrogen and oxygen atoms in total. The van der Waals surface area contributed by atoms with E-state index in [0.717, 1.165) is 17.8 Å². The Balaban J connectivity index is 1.15. The summed E-state index contributed by atoms with van der Waals surface area (Å²) in [5, 5.41) is 17.5. The number of imide groups is 1. The largest absolute Gasteiger partial charge is 0.347 e. The molecule has 1 saturated heterocycles. The van der Waals surface area contributed by atoms with Crippen LogP contribution in [0.15, 0.2) is 30.7 Å². The molecule has 4 amide bonds. The lowest BCUT2D eigenvalue weighted by Crippen LogP contribution is -2.52. The van der Waals surface area contributed by atoms with E-state index in [1.807, 2.05) is 4.68 Å². The van der Waals surface area contributed by atoms with Gasteiger partial charge in [-0.2, -0.15) is 5.10 Å². The first kappa shape index (κ1) is 21.1. The van der Waals surface area contributed by atoms with Gasteiger partial charge in [0.1, 0.15) is 18.2 Å². The quantitative estimate of drug-likeness (QED) is 0.472. The minimum atomic E-state index is -0.675. The Kier molecular flexibility index (Phi) is 4.90. The van der Waals surface area contributed by atoms with Gasteiger partial charge in [-0.15, -0.1) is 5.10 Å². The maximum atomic E-state index is 12.9. The van der Waals surface area contributed by atoms with Crippen molar-refractivity contribution in [2.24, 2.45) is 0 Å². The Hall–Kier alpha value is -4.42. The van der Waals surface area contributed by atoms with Gasteiger partial charge in [-0.3, -0.25) is 24.5 Å². The summed E-state index contributed by atoms with van der Waals surface area (Å²) < 4.78 is 3.31. The third-order valence-electron chi connectivity index (χ3n) is 6.65. The Morgan fingerprint density at radius 1 is 1.17 bits per heavy atom. The number of aromatic nitrogens is 6. The van der Waals surface area contributed by atoms with Gasteiger partial charge in [-0.1, -0.05) is 5.21 Å². The molecule has 0 saturated carbocycles. The van der Waals surface area contributed by atoms with Gasteiger partial charge < -0.3 is 10.2 Å². The van der Waals surface area contributed by atoms with Crippen molar-refractivity contribution in [2.45, 2.75) is 50.9 Å². The van der Waals surface area contributed by atoms with E-state index in [1.54, 1.807) is 18.2 Å². The molecule has 2 N–H and O–H groups in total. The fourth-order valence-electron chi connectivity index (χ4n) is 4.81. The van der Waals surface area contributed by atoms with Crippen LogP contribution in [0.5, 0.6) is 0 Å². The number of hydrogen-bond donors (Lipinski definition) is 2. The van der Waals surface area contributed by atoms with Crippen molar-refractivity contribution in [3.63, 3.8) is 0 Å². The molecule has 3 aliphatic rings. The number of rotatable bonds is 4. The molecular formula is C22H21N9O4. The number of nitrogens with one attached hydrogen (secondary N) is 2. The lowest BCUT2D eigenvalue weighted by atomic mass is 10.0. The van der Waals surface area contributed by atoms with Gasteiger partial charge in [0.15, 0.2) is 5.69 Å². The number of carbonyl (C=O) groups is 4. The highest BCUT2D eigenvalue weighted by Crippen LogP contribution is 2.29. The van der Waals surface area contributed by atoms with Crippen LogP contribution in [0.25, 0.3) is 5.69 Å². The van der Waals surface area contributed by atoms with Crippen molar-refractivity contribution in [3.05, 3.63) is 53.4 Å². The number of piperidine rings is 1. The number of fused-ring (bicyclic) bond motifs is 2. The van der Waals surface area contributed by atoms with Crippen LogP contribution in [-0.2, 0) is 29.1 Å². The fourth-order valence-corrected chi connectivity index (χ4v) is 4.81. The summed E-state index contributed by atoms with van der Waals surface area (Å²) in [7, 11) is 0. The molecule has 1 aromatic carbocycles. The lowest BCUT2D eigenvalue weighted by molar-refractivity contribution is -0.136. The number of benzene rings is 1. The Labute approximate surface area is 198 Å². The van der Waals surface area contributed by atoms with E-state index in [0.29, 0.717) is 30.6 Å². The minimum absolute atomic E-state index is 0.0615. The molecule has 2 atom stereocenters. The second-order valence-corrected chi connectivity index (χ2v) is 8.85. The van der Waals surface area contributed by atoms with Crippen molar-refractivity contribution in [1.82, 2.24) is 45.3 Å². The molecule has 6 rings (SSSR count). The first-order chi connectivity index (χ1) is 17.0. The molecule has 13 heteroatoms. The van der Waals surface area contributed by atoms with Crippen LogP contribution in [0, 0.1) is 0 Å². The Morgan fingerprint density at radius 2 is 2.06 bits per heavy atom. The van der Waals surface area contributed by atoms with Gasteiger partial charge in [-0.05, 0) is 36.6 Å². The van der Waals surface area contributed by atoms with Crippen LogP contribution in [0.3, 0.4) is 0 Å². The summed E-state index contributed by atoms with van der Waals surface area (Å²) >= 11 is 0. The maximum absolute atomic E-state index is 12.9. The molecule has 3 aromatic rings. The molecule has 35 heavy (non-hydrogen) atoms. The zero-order valence-electron chi connectivity index (χ0n) is 18.5. The van der Waals surface area contributed by atoms with Gasteiger partial charge in [0.2, 0.25) is 11.8 Å². The van der Waals surface area contributed by atoms with E-state index in [2.05, 4.69) is 31.0 Å². The van der Waals surface area contributed by atoms with Gasteiger partial charge >= 0.3 is 0 Å². The van der Waals surface area contributed by atoms with Gasteiger partial charge in [0, 0.05) is 37.5 Å². The van der Waals surface area contributed by atoms with E-state index in [-0.39, 0.29) is 42.4 Å². The minimum Gasteiger partial charge on any atom is -0.347 e. The zero-order chi connectivity index (χ0) is 24.1. The smallest absolute Gasteiger partial charge is 0.273 e. The molecule has 5 heterocycles. The van der Waals surface area contributed by atoms with E-state index in [4.69, 9.17) is 0 Å². The average Bonchev–Trinajstić information content (AvgIpc) is 3.58. The predicted octanol–water partition coefficient (Wildman–Crippen LogP) is -0.635. The molecular weight excluding hydrogens is 454 g/mol. The highest BCUT2D eigenvalue weighted by atomic mass is 16.2. The van der Waals surface area contributed by atoms with Crippen molar-refractivity contribution in [3.8, 4) is 5.69 Å². The summed E-state index contributed by atoms with van der Waals surface area (Å²) in [6, 6.07) is 4.46. The van der Waals surface area contributed by atoms with Crippen LogP contribution in [0.4, 0.5) is 0 Å². The summed E-state index contributed by atoms with van der Waals surface area (Å²) in [6.45, 7) is 0.944. The fraction of sp³-hybridized carbons (Fsp3) is 0.364. The van der Waals surface area contributed by atoms with Crippen molar-refractivity contribution >= 4 is 23.6 Å². The molecule has 1 fully saturated rings. The lowest BCUT2D eigenvalue weighted by Gasteiger charge is -2.29. The topological polar surface area (TPSA) is 157 Å². The molecule has 0 spiro atoms. The third-order valence-corrected chi connectivity index (χ3v) is 6.65. The van der Waals surface area contributed by atoms with Gasteiger partial charge in [0.05, 0.1) is 11.9 Å². The standard InChI is InChI=1S/C22H21N9O4/c32-19-4-3-17(21(34)26-19)29-9-12-7-14(1-2-15(12)22(29)35)31-10-16(27-28-31)20(33)25-13-5-6-30-18(8-13)23-11-24-30/h1-2,7,10-11,13,17H,3-6,8-9H2,(H,25,33)(H,26,32,34). The normalized spacial score (nSPS) is 21.5. The van der Waals surface area contributed by atoms with Crippen molar-refractivity contribution in [1.29, 1.82) is 0 Å². The number of amides is 4. The van der Waals surface area contributed by atoms with Crippen molar-refractivity contribution < 1.29 is 19.2 Å². The molecule has 2 unspecified atom stereocenters. The Bertz CT molecular complexity index is 1380. The highest BCUT2D eigenvalue weighted by Gasteiger charge is 2.39. The molecule has 3 aliphatic heterocycles. The second-order valence-electron chi connectivity index (χ2n) is 8.85. The van der Waals surface area contributed by atoms with Crippen LogP contribution in [0.1, 0.15) is 51.5 Å². The molecule has 0 bridgehead atoms. The highest BCUT2D eigenvalue weighted by molar-refractivity contribution is 6.05. The monoisotopic (exact) mass is 475 g/mol. The van der Waals surface area contributed by atoms with Crippen LogP contribution in [0.2, 0.25) is 0 Å². The summed E-state index contributed by atoms with van der Waals surface area (Å²) in [5.41, 5.74) is 2.06. The second kappa shape index (κ2) is 8.11. The molecule has 178 valence electrons. The van der Waals surface area contributed by atoms with Crippen molar-refractivity contribution in [2.75, 3.05) is 0 Å². The van der Waals surface area contributed by atoms with Gasteiger partial charge in [0.25, 0.3) is 11.8 Å². The summed E-state index contributed by atoms with van der Waals surface area (Å²) in [5.74, 6) is -0.509. The maximum Gasteiger partial charge on any atom is 0.273 e. The Morgan fingerprint density at radius 3 is 2.91 bits per heavy atom. The van der Waals surface area contributed by atoms with E-state index >= 15 is 0 Å². The number of carbonyl (C=O) groups excluding carboxylic acids is 4. The molecule has 0 aliphatic carbocycles. The zero-order valence-corrected chi connectivity index (χ0v) is 18.5. The van der Waals surface area contributed by atoms with Crippen LogP contribution >= 0.6 is 0 Å². The SMILES string of the molecule is O=C1CCC(N2Cc3cc(-n4cc(C(=O)NC5CCn6ncnc6C5)nn4)ccc3C2=O)C(=O)N1. The predicted molar refractivity (Wildman–Crippen MR) is 117 cm³/mol. The van der Waals surface area contributed by atoms with E-state index < -0.39 is 11.9 Å². The van der Waals surface area contributed by atoms with Crippen LogP contribution in [-0.4, -0.2) is 70.4 Å². The average molecular weight is 475 g/mol. The molecule has 2 aromatic heterocycles. The van der Waals surface area contributed by atoms with E-state index in [9.17, 15) is 19.2 Å².